The summed E-state index contributed by atoms with van der Waals surface area (Å²) in [6.07, 6.45) is 0.606. The third kappa shape index (κ3) is 2.66. The minimum absolute atomic E-state index is 0.251. The third-order valence-corrected chi connectivity index (χ3v) is 3.74. The van der Waals surface area contributed by atoms with Crippen molar-refractivity contribution in [3.05, 3.63) is 23.8 Å². The number of nitrogens with two attached hydrogens (primary N) is 1. The van der Waals surface area contributed by atoms with Crippen molar-refractivity contribution in [2.45, 2.75) is 19.4 Å². The van der Waals surface area contributed by atoms with Gasteiger partial charge >= 0.3 is 5.97 Å². The van der Waals surface area contributed by atoms with Crippen molar-refractivity contribution in [1.29, 1.82) is 0 Å². The van der Waals surface area contributed by atoms with Gasteiger partial charge in [0.05, 0.1) is 30.2 Å². The number of para-hydroxylation sites is 1. The SMILES string of the molecule is COC(=O)c1cccc(N2CCC(C(C)O)C2)c1N. The predicted octanol–water partition coefficient (Wildman–Crippen LogP) is 1.26. The predicted molar refractivity (Wildman–Crippen MR) is 74.2 cm³/mol. The minimum Gasteiger partial charge on any atom is -0.465 e. The van der Waals surface area contributed by atoms with Crippen molar-refractivity contribution in [1.82, 2.24) is 0 Å². The van der Waals surface area contributed by atoms with Gasteiger partial charge in [0, 0.05) is 19.0 Å². The third-order valence-electron chi connectivity index (χ3n) is 3.74. The number of hydrogen-bond acceptors (Lipinski definition) is 5. The van der Waals surface area contributed by atoms with Crippen LogP contribution in [-0.2, 0) is 4.74 Å². The lowest BCUT2D eigenvalue weighted by atomic mass is 10.0. The van der Waals surface area contributed by atoms with Crippen LogP contribution in [0.5, 0.6) is 0 Å². The lowest BCUT2D eigenvalue weighted by Crippen LogP contribution is -2.25. The van der Waals surface area contributed by atoms with E-state index in [1.54, 1.807) is 12.1 Å². The standard InChI is InChI=1S/C14H20N2O3/c1-9(17)10-6-7-16(8-10)12-5-3-4-11(13(12)15)14(18)19-2/h3-5,9-10,17H,6-8,15H2,1-2H3. The second-order valence-electron chi connectivity index (χ2n) is 4.97. The number of rotatable bonds is 3. The first-order valence-electron chi connectivity index (χ1n) is 6.44. The molecule has 0 radical (unpaired) electrons. The van der Waals surface area contributed by atoms with Gasteiger partial charge in [-0.3, -0.25) is 0 Å². The Morgan fingerprint density at radius 1 is 1.58 bits per heavy atom. The zero-order valence-corrected chi connectivity index (χ0v) is 11.3. The normalized spacial score (nSPS) is 20.4. The van der Waals surface area contributed by atoms with E-state index in [0.717, 1.165) is 25.2 Å². The number of carbonyl (C=O) groups is 1. The van der Waals surface area contributed by atoms with Crippen LogP contribution in [0.4, 0.5) is 11.4 Å². The summed E-state index contributed by atoms with van der Waals surface area (Å²) in [4.78, 5) is 13.7. The maximum atomic E-state index is 11.6. The molecule has 1 aromatic carbocycles. The van der Waals surface area contributed by atoms with Gasteiger partial charge in [-0.25, -0.2) is 4.79 Å². The summed E-state index contributed by atoms with van der Waals surface area (Å²) in [5.74, 6) is -0.174. The van der Waals surface area contributed by atoms with Gasteiger partial charge in [-0.1, -0.05) is 6.07 Å². The molecular formula is C14H20N2O3. The Labute approximate surface area is 113 Å². The van der Waals surface area contributed by atoms with Crippen LogP contribution in [-0.4, -0.2) is 37.4 Å². The maximum Gasteiger partial charge on any atom is 0.340 e. The summed E-state index contributed by atoms with van der Waals surface area (Å²) in [5.41, 5.74) is 7.73. The van der Waals surface area contributed by atoms with E-state index in [9.17, 15) is 9.90 Å². The number of esters is 1. The Bertz CT molecular complexity index is 474. The molecule has 1 saturated heterocycles. The molecule has 19 heavy (non-hydrogen) atoms. The molecule has 1 aliphatic heterocycles. The highest BCUT2D eigenvalue weighted by Gasteiger charge is 2.28. The Hall–Kier alpha value is -1.75. The molecule has 1 fully saturated rings. The van der Waals surface area contributed by atoms with Crippen LogP contribution >= 0.6 is 0 Å². The molecule has 5 nitrogen and oxygen atoms in total. The maximum absolute atomic E-state index is 11.6. The van der Waals surface area contributed by atoms with Gasteiger partial charge in [0.2, 0.25) is 0 Å². The number of ether oxygens (including phenoxy) is 1. The molecule has 104 valence electrons. The van der Waals surface area contributed by atoms with Crippen molar-refractivity contribution in [3.63, 3.8) is 0 Å². The highest BCUT2D eigenvalue weighted by Crippen LogP contribution is 2.32. The zero-order chi connectivity index (χ0) is 14.0. The molecule has 0 spiro atoms. The van der Waals surface area contributed by atoms with Crippen LogP contribution in [0.1, 0.15) is 23.7 Å². The van der Waals surface area contributed by atoms with Crippen LogP contribution in [0.15, 0.2) is 18.2 Å². The van der Waals surface area contributed by atoms with Crippen LogP contribution in [0.25, 0.3) is 0 Å². The van der Waals surface area contributed by atoms with Crippen LogP contribution in [0.3, 0.4) is 0 Å². The van der Waals surface area contributed by atoms with Gasteiger partial charge in [-0.05, 0) is 25.5 Å². The summed E-state index contributed by atoms with van der Waals surface area (Å²) in [6.45, 7) is 3.40. The van der Waals surface area contributed by atoms with Crippen molar-refractivity contribution in [2.75, 3.05) is 30.8 Å². The Kier molecular flexibility index (Phi) is 3.95. The second-order valence-corrected chi connectivity index (χ2v) is 4.97. The molecule has 3 N–H and O–H groups in total. The quantitative estimate of drug-likeness (QED) is 0.635. The molecule has 0 amide bonds. The van der Waals surface area contributed by atoms with E-state index in [-0.39, 0.29) is 12.0 Å². The number of nitrogens with zero attached hydrogens (tertiary/aromatic N) is 1. The topological polar surface area (TPSA) is 75.8 Å². The largest absolute Gasteiger partial charge is 0.465 e. The zero-order valence-electron chi connectivity index (χ0n) is 11.3. The number of anilines is 2. The molecule has 0 bridgehead atoms. The number of hydrogen-bond donors (Lipinski definition) is 2. The van der Waals surface area contributed by atoms with Crippen molar-refractivity contribution < 1.29 is 14.6 Å². The average molecular weight is 264 g/mol. The van der Waals surface area contributed by atoms with Crippen molar-refractivity contribution >= 4 is 17.3 Å². The number of methoxy groups -OCH3 is 1. The number of aliphatic hydroxyl groups is 1. The van der Waals surface area contributed by atoms with Gasteiger partial charge in [-0.2, -0.15) is 0 Å². The van der Waals surface area contributed by atoms with Crippen LogP contribution in [0, 0.1) is 5.92 Å². The first-order valence-corrected chi connectivity index (χ1v) is 6.44. The monoisotopic (exact) mass is 264 g/mol. The minimum atomic E-state index is -0.425. The molecule has 5 heteroatoms. The average Bonchev–Trinajstić information content (AvgIpc) is 2.87. The van der Waals surface area contributed by atoms with E-state index < -0.39 is 5.97 Å². The second kappa shape index (κ2) is 5.48. The molecule has 1 aromatic rings. The molecule has 2 rings (SSSR count). The lowest BCUT2D eigenvalue weighted by Gasteiger charge is -2.22. The first kappa shape index (κ1) is 13.7. The van der Waals surface area contributed by atoms with E-state index in [0.29, 0.717) is 11.3 Å². The number of nitrogen functional groups attached to an aromatic ring is 1. The van der Waals surface area contributed by atoms with E-state index >= 15 is 0 Å². The van der Waals surface area contributed by atoms with Gasteiger partial charge in [-0.15, -0.1) is 0 Å². The van der Waals surface area contributed by atoms with Gasteiger partial charge < -0.3 is 20.5 Å². The molecule has 0 aromatic heterocycles. The summed E-state index contributed by atoms with van der Waals surface area (Å²) in [7, 11) is 1.34. The molecular weight excluding hydrogens is 244 g/mol. The molecule has 2 atom stereocenters. The highest BCUT2D eigenvalue weighted by atomic mass is 16.5. The number of aliphatic hydroxyl groups excluding tert-OH is 1. The van der Waals surface area contributed by atoms with Crippen molar-refractivity contribution in [2.24, 2.45) is 5.92 Å². The fourth-order valence-corrected chi connectivity index (χ4v) is 2.52. The van der Waals surface area contributed by atoms with Gasteiger partial charge in [0.25, 0.3) is 0 Å². The summed E-state index contributed by atoms with van der Waals surface area (Å²) in [5, 5.41) is 9.63. The summed E-state index contributed by atoms with van der Waals surface area (Å²) < 4.78 is 4.72. The first-order chi connectivity index (χ1) is 9.04. The van der Waals surface area contributed by atoms with E-state index in [2.05, 4.69) is 4.90 Å². The van der Waals surface area contributed by atoms with Gasteiger partial charge in [0.15, 0.2) is 0 Å². The van der Waals surface area contributed by atoms with Crippen molar-refractivity contribution in [3.8, 4) is 0 Å². The molecule has 2 unspecified atom stereocenters. The fraction of sp³-hybridized carbons (Fsp3) is 0.500. The van der Waals surface area contributed by atoms with Gasteiger partial charge in [0.1, 0.15) is 0 Å². The summed E-state index contributed by atoms with van der Waals surface area (Å²) in [6, 6.07) is 5.35. The smallest absolute Gasteiger partial charge is 0.340 e. The van der Waals surface area contributed by atoms with E-state index in [1.807, 2.05) is 13.0 Å². The van der Waals surface area contributed by atoms with E-state index in [1.165, 1.54) is 7.11 Å². The van der Waals surface area contributed by atoms with Crippen LogP contribution in [0.2, 0.25) is 0 Å². The molecule has 1 aliphatic rings. The lowest BCUT2D eigenvalue weighted by molar-refractivity contribution is 0.0602. The Balaban J connectivity index is 2.24. The molecule has 0 aliphatic carbocycles. The van der Waals surface area contributed by atoms with Crippen LogP contribution < -0.4 is 10.6 Å². The number of carbonyl (C=O) groups excluding carboxylic acids is 1. The van der Waals surface area contributed by atoms with E-state index in [4.69, 9.17) is 10.5 Å². The summed E-state index contributed by atoms with van der Waals surface area (Å²) >= 11 is 0. The Morgan fingerprint density at radius 3 is 2.89 bits per heavy atom. The fourth-order valence-electron chi connectivity index (χ4n) is 2.52. The highest BCUT2D eigenvalue weighted by molar-refractivity contribution is 5.98. The molecule has 1 heterocycles. The number of benzene rings is 1. The molecule has 0 saturated carbocycles. The Morgan fingerprint density at radius 2 is 2.32 bits per heavy atom.